The molecule has 0 atom stereocenters. The molecule has 0 unspecified atom stereocenters. The van der Waals surface area contributed by atoms with Gasteiger partial charge in [-0.1, -0.05) is 36.9 Å². The summed E-state index contributed by atoms with van der Waals surface area (Å²) in [6.07, 6.45) is 2.07. The van der Waals surface area contributed by atoms with Gasteiger partial charge in [0.15, 0.2) is 0 Å². The van der Waals surface area contributed by atoms with Crippen LogP contribution in [0.15, 0.2) is 60.0 Å². The van der Waals surface area contributed by atoms with Gasteiger partial charge in [0.05, 0.1) is 11.2 Å². The van der Waals surface area contributed by atoms with E-state index in [9.17, 15) is 0 Å². The average molecular weight is 292 g/mol. The standard InChI is InChI=1S/C18H16N2S/c1-12(14-8-10-15(21-3)11-9-14)18-16-6-4-5-7-17(16)19-13(2)20-18/h4-11H,1H2,2-3H3. The summed E-state index contributed by atoms with van der Waals surface area (Å²) in [7, 11) is 0. The first-order chi connectivity index (χ1) is 10.2. The van der Waals surface area contributed by atoms with Crippen LogP contribution in [0.3, 0.4) is 0 Å². The fraction of sp³-hybridized carbons (Fsp3) is 0.111. The zero-order valence-corrected chi connectivity index (χ0v) is 12.9. The maximum absolute atomic E-state index is 4.60. The second kappa shape index (κ2) is 5.70. The lowest BCUT2D eigenvalue weighted by molar-refractivity contribution is 1.08. The molecule has 3 aromatic rings. The number of hydrogen-bond donors (Lipinski definition) is 0. The van der Waals surface area contributed by atoms with Crippen molar-refractivity contribution in [2.75, 3.05) is 6.26 Å². The Hall–Kier alpha value is -2.13. The molecule has 3 heteroatoms. The van der Waals surface area contributed by atoms with Gasteiger partial charge in [-0.2, -0.15) is 0 Å². The minimum absolute atomic E-state index is 0.769. The number of fused-ring (bicyclic) bond motifs is 1. The highest BCUT2D eigenvalue weighted by Crippen LogP contribution is 2.27. The highest BCUT2D eigenvalue weighted by atomic mass is 32.2. The monoisotopic (exact) mass is 292 g/mol. The zero-order chi connectivity index (χ0) is 14.8. The highest BCUT2D eigenvalue weighted by molar-refractivity contribution is 7.98. The molecule has 0 radical (unpaired) electrons. The number of benzene rings is 2. The highest BCUT2D eigenvalue weighted by Gasteiger charge is 2.10. The fourth-order valence-corrected chi connectivity index (χ4v) is 2.76. The Kier molecular flexibility index (Phi) is 3.76. The summed E-state index contributed by atoms with van der Waals surface area (Å²) >= 11 is 1.73. The molecule has 21 heavy (non-hydrogen) atoms. The normalized spacial score (nSPS) is 10.8. The third kappa shape index (κ3) is 2.69. The molecule has 0 N–H and O–H groups in total. The first-order valence-electron chi connectivity index (χ1n) is 6.76. The quantitative estimate of drug-likeness (QED) is 0.653. The number of aromatic nitrogens is 2. The molecule has 0 spiro atoms. The van der Waals surface area contributed by atoms with Gasteiger partial charge in [-0.3, -0.25) is 0 Å². The smallest absolute Gasteiger partial charge is 0.126 e. The van der Waals surface area contributed by atoms with Crippen LogP contribution in [0.4, 0.5) is 0 Å². The number of nitrogens with zero attached hydrogens (tertiary/aromatic N) is 2. The largest absolute Gasteiger partial charge is 0.233 e. The number of thioether (sulfide) groups is 1. The summed E-state index contributed by atoms with van der Waals surface area (Å²) < 4.78 is 0. The van der Waals surface area contributed by atoms with Gasteiger partial charge < -0.3 is 0 Å². The lowest BCUT2D eigenvalue weighted by atomic mass is 10.0. The predicted molar refractivity (Wildman–Crippen MR) is 90.6 cm³/mol. The SMILES string of the molecule is C=C(c1ccc(SC)cc1)c1nc(C)nc2ccccc12. The van der Waals surface area contributed by atoms with Gasteiger partial charge >= 0.3 is 0 Å². The lowest BCUT2D eigenvalue weighted by Crippen LogP contribution is -1.97. The second-order valence-electron chi connectivity index (χ2n) is 4.84. The Morgan fingerprint density at radius 3 is 2.43 bits per heavy atom. The van der Waals surface area contributed by atoms with Gasteiger partial charge in [0, 0.05) is 15.9 Å². The molecule has 0 bridgehead atoms. The third-order valence-corrected chi connectivity index (χ3v) is 4.18. The van der Waals surface area contributed by atoms with Crippen molar-refractivity contribution in [1.82, 2.24) is 9.97 Å². The minimum atomic E-state index is 0.769. The maximum atomic E-state index is 4.60. The Bertz CT molecular complexity index is 807. The van der Waals surface area contributed by atoms with Crippen molar-refractivity contribution >= 4 is 28.2 Å². The van der Waals surface area contributed by atoms with Gasteiger partial charge in [-0.25, -0.2) is 9.97 Å². The fourth-order valence-electron chi connectivity index (χ4n) is 2.35. The van der Waals surface area contributed by atoms with E-state index in [1.807, 2.05) is 31.2 Å². The van der Waals surface area contributed by atoms with Gasteiger partial charge in [-0.05, 0) is 36.9 Å². The molecular weight excluding hydrogens is 276 g/mol. The summed E-state index contributed by atoms with van der Waals surface area (Å²) in [5, 5.41) is 1.04. The number of hydrogen-bond acceptors (Lipinski definition) is 3. The van der Waals surface area contributed by atoms with Crippen molar-refractivity contribution in [2.24, 2.45) is 0 Å². The summed E-state index contributed by atoms with van der Waals surface area (Å²) in [5.74, 6) is 0.769. The van der Waals surface area contributed by atoms with Crippen LogP contribution in [-0.2, 0) is 0 Å². The van der Waals surface area contributed by atoms with E-state index in [1.54, 1.807) is 11.8 Å². The van der Waals surface area contributed by atoms with Crippen molar-refractivity contribution in [1.29, 1.82) is 0 Å². The second-order valence-corrected chi connectivity index (χ2v) is 5.72. The number of rotatable bonds is 3. The van der Waals surface area contributed by atoms with E-state index in [1.165, 1.54) is 4.90 Å². The van der Waals surface area contributed by atoms with Crippen molar-refractivity contribution in [3.05, 3.63) is 72.2 Å². The summed E-state index contributed by atoms with van der Waals surface area (Å²) in [4.78, 5) is 10.3. The predicted octanol–water partition coefficient (Wildman–Crippen LogP) is 4.72. The molecule has 0 aliphatic rings. The van der Waals surface area contributed by atoms with E-state index in [-0.39, 0.29) is 0 Å². The average Bonchev–Trinajstić information content (AvgIpc) is 2.53. The first-order valence-corrected chi connectivity index (χ1v) is 7.98. The van der Waals surface area contributed by atoms with Crippen molar-refractivity contribution in [3.63, 3.8) is 0 Å². The molecule has 0 saturated heterocycles. The molecule has 0 fully saturated rings. The van der Waals surface area contributed by atoms with Crippen LogP contribution < -0.4 is 0 Å². The van der Waals surface area contributed by atoms with Crippen LogP contribution in [0.2, 0.25) is 0 Å². The minimum Gasteiger partial charge on any atom is -0.233 e. The number of para-hydroxylation sites is 1. The van der Waals surface area contributed by atoms with E-state index in [0.717, 1.165) is 33.6 Å². The Morgan fingerprint density at radius 1 is 1.00 bits per heavy atom. The molecule has 2 nitrogen and oxygen atoms in total. The summed E-state index contributed by atoms with van der Waals surface area (Å²) in [6, 6.07) is 16.5. The molecule has 0 saturated carbocycles. The summed E-state index contributed by atoms with van der Waals surface area (Å²) in [6.45, 7) is 6.16. The first kappa shape index (κ1) is 13.8. The molecule has 2 aromatic carbocycles. The van der Waals surface area contributed by atoms with Crippen LogP contribution >= 0.6 is 11.8 Å². The van der Waals surface area contributed by atoms with Crippen LogP contribution in [0, 0.1) is 6.92 Å². The molecule has 1 heterocycles. The Balaban J connectivity index is 2.12. The van der Waals surface area contributed by atoms with E-state index in [2.05, 4.69) is 47.1 Å². The van der Waals surface area contributed by atoms with E-state index < -0.39 is 0 Å². The van der Waals surface area contributed by atoms with Crippen molar-refractivity contribution in [2.45, 2.75) is 11.8 Å². The van der Waals surface area contributed by atoms with Gasteiger partial charge in [0.2, 0.25) is 0 Å². The van der Waals surface area contributed by atoms with Crippen molar-refractivity contribution < 1.29 is 0 Å². The van der Waals surface area contributed by atoms with E-state index in [0.29, 0.717) is 0 Å². The molecule has 3 rings (SSSR count). The lowest BCUT2D eigenvalue weighted by Gasteiger charge is -2.10. The van der Waals surface area contributed by atoms with Gasteiger partial charge in [0.25, 0.3) is 0 Å². The maximum Gasteiger partial charge on any atom is 0.126 e. The summed E-state index contributed by atoms with van der Waals surface area (Å²) in [5.41, 5.74) is 3.90. The van der Waals surface area contributed by atoms with Crippen molar-refractivity contribution in [3.8, 4) is 0 Å². The van der Waals surface area contributed by atoms with Crippen LogP contribution in [0.5, 0.6) is 0 Å². The molecular formula is C18H16N2S. The van der Waals surface area contributed by atoms with Crippen LogP contribution in [0.1, 0.15) is 17.1 Å². The van der Waals surface area contributed by atoms with Crippen LogP contribution in [-0.4, -0.2) is 16.2 Å². The van der Waals surface area contributed by atoms with E-state index >= 15 is 0 Å². The molecule has 1 aromatic heterocycles. The molecule has 0 amide bonds. The van der Waals surface area contributed by atoms with Gasteiger partial charge in [-0.15, -0.1) is 11.8 Å². The van der Waals surface area contributed by atoms with Gasteiger partial charge in [0.1, 0.15) is 5.82 Å². The Labute approximate surface area is 129 Å². The molecule has 0 aliphatic carbocycles. The molecule has 104 valence electrons. The number of aryl methyl sites for hydroxylation is 1. The topological polar surface area (TPSA) is 25.8 Å². The van der Waals surface area contributed by atoms with E-state index in [4.69, 9.17) is 0 Å². The van der Waals surface area contributed by atoms with Crippen LogP contribution in [0.25, 0.3) is 16.5 Å². The Morgan fingerprint density at radius 2 is 1.71 bits per heavy atom. The zero-order valence-electron chi connectivity index (χ0n) is 12.1. The third-order valence-electron chi connectivity index (χ3n) is 3.44. The molecule has 0 aliphatic heterocycles.